The zero-order chi connectivity index (χ0) is 22.5. The lowest BCUT2D eigenvalue weighted by atomic mass is 10.1. The Bertz CT molecular complexity index is 1120. The van der Waals surface area contributed by atoms with E-state index in [1.807, 2.05) is 49.6 Å². The number of thioether (sulfide) groups is 1. The minimum absolute atomic E-state index is 0.429. The van der Waals surface area contributed by atoms with E-state index in [1.54, 1.807) is 19.3 Å². The summed E-state index contributed by atoms with van der Waals surface area (Å²) in [4.78, 5) is 24.8. The summed E-state index contributed by atoms with van der Waals surface area (Å²) in [6.45, 7) is 11.7. The smallest absolute Gasteiger partial charge is 0.325 e. The maximum Gasteiger partial charge on any atom is 0.325 e. The van der Waals surface area contributed by atoms with E-state index in [1.165, 1.54) is 11.8 Å². The van der Waals surface area contributed by atoms with Crippen molar-refractivity contribution in [2.45, 2.75) is 44.6 Å². The Hall–Kier alpha value is -3.33. The first-order valence-corrected chi connectivity index (χ1v) is 10.6. The van der Waals surface area contributed by atoms with Gasteiger partial charge < -0.3 is 9.73 Å². The number of rotatable bonds is 7. The second-order valence-corrected chi connectivity index (χ2v) is 8.43. The van der Waals surface area contributed by atoms with Gasteiger partial charge in [0.15, 0.2) is 11.0 Å². The number of allylic oxidation sites excluding steroid dienone is 1. The number of amides is 3. The van der Waals surface area contributed by atoms with Gasteiger partial charge in [0, 0.05) is 12.2 Å². The number of benzene rings is 1. The minimum atomic E-state index is -0.577. The predicted octanol–water partition coefficient (Wildman–Crippen LogP) is 4.48. The van der Waals surface area contributed by atoms with Crippen LogP contribution in [0.2, 0.25) is 0 Å². The third-order valence-electron chi connectivity index (χ3n) is 4.65. The molecular weight excluding hydrogens is 414 g/mol. The molecule has 3 rings (SSSR count). The largest absolute Gasteiger partial charge is 0.469 e. The van der Waals surface area contributed by atoms with Crippen LogP contribution in [-0.4, -0.2) is 32.0 Å². The molecule has 2 aromatic heterocycles. The van der Waals surface area contributed by atoms with Crippen LogP contribution in [0.15, 0.2) is 52.8 Å². The zero-order valence-corrected chi connectivity index (χ0v) is 18.7. The number of nitrogens with zero attached hydrogens (tertiary/aromatic N) is 3. The number of hydrogen-bond donors (Lipinski definition) is 2. The standard InChI is InChI=1S/C22H25N5O3S/c1-6-10-27-19(17-9-11-30-15(17)4)25-26-22(27)31-16(5)20(28)24-21(29)23-18-8-7-13(2)12-14(18)3/h6-9,11-12,16H,1,10H2,2-5H3,(H2,23,24,28,29). The van der Waals surface area contributed by atoms with Gasteiger partial charge in [-0.2, -0.15) is 0 Å². The van der Waals surface area contributed by atoms with Gasteiger partial charge in [0.2, 0.25) is 5.91 Å². The molecule has 0 aliphatic rings. The summed E-state index contributed by atoms with van der Waals surface area (Å²) >= 11 is 1.21. The molecule has 3 amide bonds. The van der Waals surface area contributed by atoms with Crippen LogP contribution in [0.1, 0.15) is 23.8 Å². The molecule has 0 spiro atoms. The summed E-state index contributed by atoms with van der Waals surface area (Å²) in [5.74, 6) is 0.929. The van der Waals surface area contributed by atoms with Crippen molar-refractivity contribution < 1.29 is 14.0 Å². The molecular formula is C22H25N5O3S. The SMILES string of the molecule is C=CCn1c(SC(C)C(=O)NC(=O)Nc2ccc(C)cc2C)nnc1-c1ccoc1C. The maximum absolute atomic E-state index is 12.6. The molecule has 0 saturated carbocycles. The lowest BCUT2D eigenvalue weighted by Gasteiger charge is -2.13. The van der Waals surface area contributed by atoms with Gasteiger partial charge in [-0.05, 0) is 45.4 Å². The average Bonchev–Trinajstić information content (AvgIpc) is 3.30. The summed E-state index contributed by atoms with van der Waals surface area (Å²) in [5.41, 5.74) is 3.50. The number of imide groups is 1. The molecule has 0 aliphatic heterocycles. The van der Waals surface area contributed by atoms with Crippen LogP contribution < -0.4 is 10.6 Å². The molecule has 31 heavy (non-hydrogen) atoms. The first-order chi connectivity index (χ1) is 14.8. The fraction of sp³-hybridized carbons (Fsp3) is 0.273. The fourth-order valence-electron chi connectivity index (χ4n) is 3.02. The van der Waals surface area contributed by atoms with E-state index in [-0.39, 0.29) is 0 Å². The van der Waals surface area contributed by atoms with Gasteiger partial charge in [0.25, 0.3) is 0 Å². The lowest BCUT2D eigenvalue weighted by molar-refractivity contribution is -0.119. The predicted molar refractivity (Wildman–Crippen MR) is 121 cm³/mol. The Labute approximate surface area is 185 Å². The number of carbonyl (C=O) groups excluding carboxylic acids is 2. The topological polar surface area (TPSA) is 102 Å². The van der Waals surface area contributed by atoms with E-state index in [4.69, 9.17) is 4.42 Å². The van der Waals surface area contributed by atoms with Crippen LogP contribution in [0.3, 0.4) is 0 Å². The van der Waals surface area contributed by atoms with Gasteiger partial charge in [-0.1, -0.05) is 35.5 Å². The highest BCUT2D eigenvalue weighted by atomic mass is 32.2. The third-order valence-corrected chi connectivity index (χ3v) is 5.73. The first kappa shape index (κ1) is 22.4. The van der Waals surface area contributed by atoms with Crippen LogP contribution in [0, 0.1) is 20.8 Å². The van der Waals surface area contributed by atoms with E-state index >= 15 is 0 Å². The van der Waals surface area contributed by atoms with E-state index in [0.29, 0.717) is 23.2 Å². The second-order valence-electron chi connectivity index (χ2n) is 7.12. The van der Waals surface area contributed by atoms with Crippen LogP contribution in [-0.2, 0) is 11.3 Å². The van der Waals surface area contributed by atoms with Crippen molar-refractivity contribution in [3.63, 3.8) is 0 Å². The number of furan rings is 1. The molecule has 0 saturated heterocycles. The summed E-state index contributed by atoms with van der Waals surface area (Å²) < 4.78 is 7.22. The van der Waals surface area contributed by atoms with Crippen molar-refractivity contribution >= 4 is 29.4 Å². The van der Waals surface area contributed by atoms with E-state index in [2.05, 4.69) is 27.4 Å². The molecule has 2 heterocycles. The molecule has 9 heteroatoms. The number of anilines is 1. The van der Waals surface area contributed by atoms with Gasteiger partial charge in [0.05, 0.1) is 17.1 Å². The van der Waals surface area contributed by atoms with Gasteiger partial charge in [-0.3, -0.25) is 14.7 Å². The summed E-state index contributed by atoms with van der Waals surface area (Å²) in [6.07, 6.45) is 3.32. The molecule has 0 bridgehead atoms. The van der Waals surface area contributed by atoms with Gasteiger partial charge >= 0.3 is 6.03 Å². The number of hydrogen-bond acceptors (Lipinski definition) is 6. The Morgan fingerprint density at radius 1 is 1.26 bits per heavy atom. The molecule has 162 valence electrons. The van der Waals surface area contributed by atoms with Crippen LogP contribution in [0.25, 0.3) is 11.4 Å². The molecule has 3 aromatic rings. The molecule has 8 nitrogen and oxygen atoms in total. The number of urea groups is 1. The molecule has 2 N–H and O–H groups in total. The number of nitrogens with one attached hydrogen (secondary N) is 2. The van der Waals surface area contributed by atoms with Gasteiger partial charge in [0.1, 0.15) is 5.76 Å². The fourth-order valence-corrected chi connectivity index (χ4v) is 3.88. The highest BCUT2D eigenvalue weighted by molar-refractivity contribution is 8.00. The molecule has 0 aliphatic carbocycles. The molecule has 1 aromatic carbocycles. The van der Waals surface area contributed by atoms with Crippen molar-refractivity contribution in [3.8, 4) is 11.4 Å². The molecule has 1 unspecified atom stereocenters. The molecule has 1 atom stereocenters. The highest BCUT2D eigenvalue weighted by Crippen LogP contribution is 2.29. The van der Waals surface area contributed by atoms with Crippen LogP contribution >= 0.6 is 11.8 Å². The number of aryl methyl sites for hydroxylation is 3. The Morgan fingerprint density at radius 3 is 2.68 bits per heavy atom. The molecule has 0 fully saturated rings. The van der Waals surface area contributed by atoms with Crippen LogP contribution in [0.4, 0.5) is 10.5 Å². The van der Waals surface area contributed by atoms with E-state index < -0.39 is 17.2 Å². The number of carbonyl (C=O) groups is 2. The second kappa shape index (κ2) is 9.65. The Kier molecular flexibility index (Phi) is 6.96. The third kappa shape index (κ3) is 5.24. The Morgan fingerprint density at radius 2 is 2.03 bits per heavy atom. The van der Waals surface area contributed by atoms with Crippen LogP contribution in [0.5, 0.6) is 0 Å². The van der Waals surface area contributed by atoms with E-state index in [9.17, 15) is 9.59 Å². The Balaban J connectivity index is 1.68. The van der Waals surface area contributed by atoms with Crippen molar-refractivity contribution in [2.24, 2.45) is 0 Å². The molecule has 0 radical (unpaired) electrons. The van der Waals surface area contributed by atoms with Crippen molar-refractivity contribution in [1.82, 2.24) is 20.1 Å². The summed E-state index contributed by atoms with van der Waals surface area (Å²) in [7, 11) is 0. The van der Waals surface area contributed by atoms with Crippen molar-refractivity contribution in [2.75, 3.05) is 5.32 Å². The summed E-state index contributed by atoms with van der Waals surface area (Å²) in [6, 6.07) is 6.91. The highest BCUT2D eigenvalue weighted by Gasteiger charge is 2.23. The quantitative estimate of drug-likeness (QED) is 0.416. The average molecular weight is 440 g/mol. The number of aromatic nitrogens is 3. The zero-order valence-electron chi connectivity index (χ0n) is 17.9. The van der Waals surface area contributed by atoms with Crippen molar-refractivity contribution in [3.05, 3.63) is 60.1 Å². The maximum atomic E-state index is 12.6. The first-order valence-electron chi connectivity index (χ1n) is 9.74. The monoisotopic (exact) mass is 439 g/mol. The van der Waals surface area contributed by atoms with Gasteiger partial charge in [-0.15, -0.1) is 16.8 Å². The summed E-state index contributed by atoms with van der Waals surface area (Å²) in [5, 5.41) is 13.6. The van der Waals surface area contributed by atoms with Crippen molar-refractivity contribution in [1.29, 1.82) is 0 Å². The van der Waals surface area contributed by atoms with Gasteiger partial charge in [-0.25, -0.2) is 4.79 Å². The normalized spacial score (nSPS) is 11.7. The lowest BCUT2D eigenvalue weighted by Crippen LogP contribution is -2.39. The van der Waals surface area contributed by atoms with E-state index in [0.717, 1.165) is 22.5 Å². The minimum Gasteiger partial charge on any atom is -0.469 e.